The lowest BCUT2D eigenvalue weighted by atomic mass is 10.1. The number of amides is 2. The van der Waals surface area contributed by atoms with E-state index in [1.807, 2.05) is 64.4 Å². The first-order chi connectivity index (χ1) is 17.0. The zero-order chi connectivity index (χ0) is 24.6. The standard InChI is InChI=1S/C28H29BrFN3O2/c29-25-10-8-24(9-11-25)28(35)32-17-14-31(15-18-32)16-19-33(21-23-6-12-26(30)13-7-23)27(34)20-22-4-2-1-3-5-22/h1-13H,14-21H2. The van der Waals surface area contributed by atoms with Crippen LogP contribution in [0.15, 0.2) is 83.3 Å². The number of nitrogens with zero attached hydrogens (tertiary/aromatic N) is 3. The molecule has 0 spiro atoms. The second kappa shape index (κ2) is 12.1. The Balaban J connectivity index is 1.33. The van der Waals surface area contributed by atoms with E-state index in [0.717, 1.165) is 35.2 Å². The van der Waals surface area contributed by atoms with Crippen molar-refractivity contribution in [3.8, 4) is 0 Å². The summed E-state index contributed by atoms with van der Waals surface area (Å²) in [4.78, 5) is 32.0. The molecule has 7 heteroatoms. The van der Waals surface area contributed by atoms with Crippen LogP contribution >= 0.6 is 15.9 Å². The van der Waals surface area contributed by atoms with Gasteiger partial charge in [-0.2, -0.15) is 0 Å². The number of carbonyl (C=O) groups excluding carboxylic acids is 2. The predicted octanol–water partition coefficient (Wildman–Crippen LogP) is 4.62. The van der Waals surface area contributed by atoms with Crippen LogP contribution in [-0.2, 0) is 17.8 Å². The molecule has 3 aromatic rings. The quantitative estimate of drug-likeness (QED) is 0.421. The van der Waals surface area contributed by atoms with Crippen molar-refractivity contribution in [2.75, 3.05) is 39.3 Å². The van der Waals surface area contributed by atoms with Crippen LogP contribution in [0.3, 0.4) is 0 Å². The molecule has 2 amide bonds. The first-order valence-electron chi connectivity index (χ1n) is 11.8. The van der Waals surface area contributed by atoms with E-state index in [2.05, 4.69) is 20.8 Å². The lowest BCUT2D eigenvalue weighted by Crippen LogP contribution is -2.50. The second-order valence-corrected chi connectivity index (χ2v) is 9.66. The third kappa shape index (κ3) is 7.23. The van der Waals surface area contributed by atoms with Gasteiger partial charge >= 0.3 is 0 Å². The van der Waals surface area contributed by atoms with E-state index >= 15 is 0 Å². The Morgan fingerprint density at radius 2 is 1.49 bits per heavy atom. The minimum Gasteiger partial charge on any atom is -0.337 e. The first kappa shape index (κ1) is 25.1. The zero-order valence-electron chi connectivity index (χ0n) is 19.6. The summed E-state index contributed by atoms with van der Waals surface area (Å²) in [6, 6.07) is 23.5. The summed E-state index contributed by atoms with van der Waals surface area (Å²) in [5.41, 5.74) is 2.57. The van der Waals surface area contributed by atoms with Crippen molar-refractivity contribution in [3.05, 3.63) is 106 Å². The van der Waals surface area contributed by atoms with Crippen molar-refractivity contribution in [3.63, 3.8) is 0 Å². The van der Waals surface area contributed by atoms with Gasteiger partial charge in [-0.25, -0.2) is 4.39 Å². The van der Waals surface area contributed by atoms with Gasteiger partial charge in [0.2, 0.25) is 5.91 Å². The summed E-state index contributed by atoms with van der Waals surface area (Å²) < 4.78 is 14.3. The Morgan fingerprint density at radius 3 is 2.14 bits per heavy atom. The fraction of sp³-hybridized carbons (Fsp3) is 0.286. The smallest absolute Gasteiger partial charge is 0.253 e. The molecule has 0 unspecified atom stereocenters. The number of piperazine rings is 1. The Labute approximate surface area is 214 Å². The van der Waals surface area contributed by atoms with Crippen LogP contribution in [0.4, 0.5) is 4.39 Å². The van der Waals surface area contributed by atoms with Gasteiger partial charge in [-0.3, -0.25) is 14.5 Å². The molecule has 4 rings (SSSR count). The number of hydrogen-bond acceptors (Lipinski definition) is 3. The molecule has 0 radical (unpaired) electrons. The monoisotopic (exact) mass is 537 g/mol. The van der Waals surface area contributed by atoms with Gasteiger partial charge in [0.05, 0.1) is 6.42 Å². The first-order valence-corrected chi connectivity index (χ1v) is 12.6. The van der Waals surface area contributed by atoms with Crippen LogP contribution in [-0.4, -0.2) is 65.8 Å². The lowest BCUT2D eigenvalue weighted by Gasteiger charge is -2.36. The van der Waals surface area contributed by atoms with Gasteiger partial charge < -0.3 is 9.80 Å². The van der Waals surface area contributed by atoms with Crippen molar-refractivity contribution < 1.29 is 14.0 Å². The second-order valence-electron chi connectivity index (χ2n) is 8.74. The molecule has 0 N–H and O–H groups in total. The summed E-state index contributed by atoms with van der Waals surface area (Å²) in [5.74, 6) is -0.191. The Bertz CT molecular complexity index is 1120. The highest BCUT2D eigenvalue weighted by Gasteiger charge is 2.23. The van der Waals surface area contributed by atoms with Crippen LogP contribution in [0.1, 0.15) is 21.5 Å². The molecule has 1 saturated heterocycles. The molecule has 0 aromatic heterocycles. The number of carbonyl (C=O) groups is 2. The average molecular weight is 538 g/mol. The number of rotatable bonds is 8. The van der Waals surface area contributed by atoms with E-state index < -0.39 is 0 Å². The van der Waals surface area contributed by atoms with E-state index in [4.69, 9.17) is 0 Å². The highest BCUT2D eigenvalue weighted by atomic mass is 79.9. The summed E-state index contributed by atoms with van der Waals surface area (Å²) in [6.45, 7) is 4.58. The van der Waals surface area contributed by atoms with Crippen LogP contribution in [0, 0.1) is 5.82 Å². The predicted molar refractivity (Wildman–Crippen MR) is 138 cm³/mol. The highest BCUT2D eigenvalue weighted by molar-refractivity contribution is 9.10. The van der Waals surface area contributed by atoms with Gasteiger partial charge in [-0.15, -0.1) is 0 Å². The Hall–Kier alpha value is -3.03. The van der Waals surface area contributed by atoms with Crippen LogP contribution < -0.4 is 0 Å². The fourth-order valence-corrected chi connectivity index (χ4v) is 4.46. The minimum atomic E-state index is -0.286. The third-order valence-corrected chi connectivity index (χ3v) is 6.80. The van der Waals surface area contributed by atoms with Crippen molar-refractivity contribution in [2.24, 2.45) is 0 Å². The summed E-state index contributed by atoms with van der Waals surface area (Å²) in [6.07, 6.45) is 0.331. The Kier molecular flexibility index (Phi) is 8.66. The topological polar surface area (TPSA) is 43.9 Å². The minimum absolute atomic E-state index is 0.0459. The zero-order valence-corrected chi connectivity index (χ0v) is 21.2. The largest absolute Gasteiger partial charge is 0.337 e. The normalized spacial score (nSPS) is 14.1. The maximum atomic E-state index is 13.4. The number of hydrogen-bond donors (Lipinski definition) is 0. The SMILES string of the molecule is O=C(Cc1ccccc1)N(CCN1CCN(C(=O)c2ccc(Br)cc2)CC1)Cc1ccc(F)cc1. The van der Waals surface area contributed by atoms with Crippen LogP contribution in [0.2, 0.25) is 0 Å². The molecular weight excluding hydrogens is 509 g/mol. The molecule has 1 heterocycles. The molecule has 0 atom stereocenters. The maximum Gasteiger partial charge on any atom is 0.253 e. The molecule has 0 saturated carbocycles. The molecule has 182 valence electrons. The molecule has 5 nitrogen and oxygen atoms in total. The summed E-state index contributed by atoms with van der Waals surface area (Å²) >= 11 is 3.40. The molecule has 35 heavy (non-hydrogen) atoms. The lowest BCUT2D eigenvalue weighted by molar-refractivity contribution is -0.131. The molecular formula is C28H29BrFN3O2. The van der Waals surface area contributed by atoms with Crippen LogP contribution in [0.5, 0.6) is 0 Å². The average Bonchev–Trinajstić information content (AvgIpc) is 2.88. The van der Waals surface area contributed by atoms with Gasteiger partial charge in [0, 0.05) is 55.8 Å². The van der Waals surface area contributed by atoms with Crippen LogP contribution in [0.25, 0.3) is 0 Å². The molecule has 1 fully saturated rings. The third-order valence-electron chi connectivity index (χ3n) is 6.27. The van der Waals surface area contributed by atoms with Gasteiger partial charge in [-0.05, 0) is 47.5 Å². The van der Waals surface area contributed by atoms with Gasteiger partial charge in [0.15, 0.2) is 0 Å². The maximum absolute atomic E-state index is 13.4. The fourth-order valence-electron chi connectivity index (χ4n) is 4.20. The Morgan fingerprint density at radius 1 is 0.829 bits per heavy atom. The molecule has 1 aliphatic rings. The van der Waals surface area contributed by atoms with Crippen molar-refractivity contribution in [2.45, 2.75) is 13.0 Å². The van der Waals surface area contributed by atoms with Gasteiger partial charge in [0.25, 0.3) is 5.91 Å². The van der Waals surface area contributed by atoms with E-state index in [-0.39, 0.29) is 17.6 Å². The van der Waals surface area contributed by atoms with E-state index in [9.17, 15) is 14.0 Å². The van der Waals surface area contributed by atoms with Crippen molar-refractivity contribution in [1.29, 1.82) is 0 Å². The van der Waals surface area contributed by atoms with E-state index in [1.54, 1.807) is 12.1 Å². The highest BCUT2D eigenvalue weighted by Crippen LogP contribution is 2.15. The molecule has 1 aliphatic heterocycles. The molecule has 3 aromatic carbocycles. The summed E-state index contributed by atoms with van der Waals surface area (Å²) in [5, 5.41) is 0. The summed E-state index contributed by atoms with van der Waals surface area (Å²) in [7, 11) is 0. The molecule has 0 aliphatic carbocycles. The van der Waals surface area contributed by atoms with Crippen molar-refractivity contribution >= 4 is 27.7 Å². The van der Waals surface area contributed by atoms with Gasteiger partial charge in [-0.1, -0.05) is 58.4 Å². The number of halogens is 2. The van der Waals surface area contributed by atoms with Gasteiger partial charge in [0.1, 0.15) is 5.82 Å². The van der Waals surface area contributed by atoms with E-state index in [1.165, 1.54) is 12.1 Å². The molecule has 0 bridgehead atoms. The van der Waals surface area contributed by atoms with Crippen molar-refractivity contribution in [1.82, 2.24) is 14.7 Å². The van der Waals surface area contributed by atoms with E-state index in [0.29, 0.717) is 38.2 Å². The number of benzene rings is 3.